The molecule has 0 aromatic carbocycles. The van der Waals surface area contributed by atoms with Crippen molar-refractivity contribution in [3.8, 4) is 0 Å². The number of anilines is 2. The van der Waals surface area contributed by atoms with Gasteiger partial charge in [-0.15, -0.1) is 11.3 Å². The van der Waals surface area contributed by atoms with Gasteiger partial charge in [0.2, 0.25) is 0 Å². The van der Waals surface area contributed by atoms with E-state index in [0.717, 1.165) is 30.9 Å². The van der Waals surface area contributed by atoms with E-state index in [9.17, 15) is 4.79 Å². The van der Waals surface area contributed by atoms with Gasteiger partial charge in [-0.25, -0.2) is 4.79 Å². The molecular formula is C13H22N2O2S. The third kappa shape index (κ3) is 3.63. The number of hydrogen-bond donors (Lipinski definition) is 1. The summed E-state index contributed by atoms with van der Waals surface area (Å²) >= 11 is 1.42. The number of nitrogen functional groups attached to an aromatic ring is 1. The molecular weight excluding hydrogens is 248 g/mol. The van der Waals surface area contributed by atoms with E-state index in [1.54, 1.807) is 6.92 Å². The molecule has 0 spiro atoms. The van der Waals surface area contributed by atoms with Crippen LogP contribution in [0.5, 0.6) is 0 Å². The zero-order chi connectivity index (χ0) is 13.5. The fraction of sp³-hybridized carbons (Fsp3) is 0.615. The minimum atomic E-state index is -0.321. The number of esters is 1. The first-order valence-electron chi connectivity index (χ1n) is 6.45. The second-order valence-corrected chi connectivity index (χ2v) is 5.05. The van der Waals surface area contributed by atoms with E-state index in [0.29, 0.717) is 17.2 Å². The topological polar surface area (TPSA) is 55.6 Å². The van der Waals surface area contributed by atoms with Gasteiger partial charge in [0.1, 0.15) is 4.88 Å². The first kappa shape index (κ1) is 14.8. The van der Waals surface area contributed by atoms with Crippen molar-refractivity contribution in [2.75, 3.05) is 30.3 Å². The molecule has 0 radical (unpaired) electrons. The van der Waals surface area contributed by atoms with Crippen molar-refractivity contribution >= 4 is 28.0 Å². The minimum absolute atomic E-state index is 0.321. The highest BCUT2D eigenvalue weighted by Crippen LogP contribution is 2.32. The normalized spacial score (nSPS) is 10.4. The lowest BCUT2D eigenvalue weighted by molar-refractivity contribution is 0.0533. The first-order chi connectivity index (χ1) is 8.63. The largest absolute Gasteiger partial charge is 0.462 e. The third-order valence-electron chi connectivity index (χ3n) is 2.68. The summed E-state index contributed by atoms with van der Waals surface area (Å²) in [5.41, 5.74) is 6.39. The lowest BCUT2D eigenvalue weighted by Gasteiger charge is -2.20. The van der Waals surface area contributed by atoms with Gasteiger partial charge in [0.15, 0.2) is 0 Å². The number of nitrogens with two attached hydrogens (primary N) is 1. The lowest BCUT2D eigenvalue weighted by atomic mass is 10.3. The van der Waals surface area contributed by atoms with Gasteiger partial charge in [0.05, 0.1) is 17.3 Å². The number of carbonyl (C=O) groups is 1. The molecule has 1 heterocycles. The Hall–Kier alpha value is -1.23. The van der Waals surface area contributed by atoms with Crippen LogP contribution in [0.1, 0.15) is 43.3 Å². The van der Waals surface area contributed by atoms with Gasteiger partial charge >= 0.3 is 5.97 Å². The predicted octanol–water partition coefficient (Wildman–Crippen LogP) is 3.13. The Balaban J connectivity index is 2.84. The maximum atomic E-state index is 11.7. The highest BCUT2D eigenvalue weighted by atomic mass is 32.1. The summed E-state index contributed by atoms with van der Waals surface area (Å²) in [4.78, 5) is 14.5. The van der Waals surface area contributed by atoms with Crippen molar-refractivity contribution in [2.24, 2.45) is 0 Å². The molecule has 0 unspecified atom stereocenters. The highest BCUT2D eigenvalue weighted by Gasteiger charge is 2.17. The fourth-order valence-electron chi connectivity index (χ4n) is 1.68. The number of ether oxygens (including phenoxy) is 1. The lowest BCUT2D eigenvalue weighted by Crippen LogP contribution is -2.22. The van der Waals surface area contributed by atoms with Crippen LogP contribution in [0.15, 0.2) is 6.07 Å². The zero-order valence-electron chi connectivity index (χ0n) is 11.4. The summed E-state index contributed by atoms with van der Waals surface area (Å²) in [6, 6.07) is 1.87. The van der Waals surface area contributed by atoms with E-state index >= 15 is 0 Å². The van der Waals surface area contributed by atoms with Crippen LogP contribution in [0.4, 0.5) is 10.7 Å². The quantitative estimate of drug-likeness (QED) is 0.773. The van der Waals surface area contributed by atoms with Crippen molar-refractivity contribution in [3.05, 3.63) is 10.9 Å². The molecule has 1 aromatic rings. The maximum absolute atomic E-state index is 11.7. The Bertz CT molecular complexity index is 390. The molecule has 0 saturated carbocycles. The summed E-state index contributed by atoms with van der Waals surface area (Å²) in [6.07, 6.45) is 2.29. The number of nitrogens with zero attached hydrogens (tertiary/aromatic N) is 1. The highest BCUT2D eigenvalue weighted by molar-refractivity contribution is 7.18. The Labute approximate surface area is 113 Å². The molecule has 0 fully saturated rings. The molecule has 0 aliphatic carbocycles. The van der Waals surface area contributed by atoms with Crippen LogP contribution in [0.25, 0.3) is 0 Å². The van der Waals surface area contributed by atoms with Crippen LogP contribution in [0, 0.1) is 0 Å². The average Bonchev–Trinajstić information content (AvgIpc) is 2.73. The van der Waals surface area contributed by atoms with E-state index in [1.165, 1.54) is 11.3 Å². The average molecular weight is 270 g/mol. The molecule has 1 rings (SSSR count). The van der Waals surface area contributed by atoms with Crippen molar-refractivity contribution in [1.82, 2.24) is 0 Å². The first-order valence-corrected chi connectivity index (χ1v) is 7.27. The minimum Gasteiger partial charge on any atom is -0.462 e. The van der Waals surface area contributed by atoms with Crippen LogP contribution in [-0.4, -0.2) is 25.7 Å². The molecule has 1 aromatic heterocycles. The monoisotopic (exact) mass is 270 g/mol. The van der Waals surface area contributed by atoms with Gasteiger partial charge < -0.3 is 15.4 Å². The molecule has 0 aliphatic heterocycles. The van der Waals surface area contributed by atoms with E-state index in [1.807, 2.05) is 6.07 Å². The Morgan fingerprint density at radius 3 is 2.72 bits per heavy atom. The van der Waals surface area contributed by atoms with Gasteiger partial charge in [-0.3, -0.25) is 0 Å². The number of unbranched alkanes of at least 4 members (excludes halogenated alkanes) is 1. The Kier molecular flexibility index (Phi) is 5.98. The molecule has 102 valence electrons. The van der Waals surface area contributed by atoms with Gasteiger partial charge in [-0.05, 0) is 26.3 Å². The second kappa shape index (κ2) is 7.26. The maximum Gasteiger partial charge on any atom is 0.350 e. The van der Waals surface area contributed by atoms with Crippen LogP contribution < -0.4 is 10.6 Å². The molecule has 18 heavy (non-hydrogen) atoms. The Morgan fingerprint density at radius 1 is 1.44 bits per heavy atom. The SMILES string of the molecule is CCCCN(CC)c1cc(N)c(C(=O)OCC)s1. The number of rotatable bonds is 7. The van der Waals surface area contributed by atoms with Gasteiger partial charge in [0, 0.05) is 13.1 Å². The molecule has 2 N–H and O–H groups in total. The van der Waals surface area contributed by atoms with Crippen LogP contribution in [-0.2, 0) is 4.74 Å². The van der Waals surface area contributed by atoms with Gasteiger partial charge in [-0.1, -0.05) is 13.3 Å². The summed E-state index contributed by atoms with van der Waals surface area (Å²) in [7, 11) is 0. The number of carbonyl (C=O) groups excluding carboxylic acids is 1. The molecule has 0 amide bonds. The summed E-state index contributed by atoms with van der Waals surface area (Å²) < 4.78 is 4.99. The molecule has 0 bridgehead atoms. The van der Waals surface area contributed by atoms with E-state index in [4.69, 9.17) is 10.5 Å². The number of thiophene rings is 1. The standard InChI is InChI=1S/C13H22N2O2S/c1-4-7-8-15(5-2)11-9-10(14)12(18-11)13(16)17-6-3/h9H,4-8,14H2,1-3H3. The molecule has 0 atom stereocenters. The van der Waals surface area contributed by atoms with Crippen molar-refractivity contribution in [2.45, 2.75) is 33.6 Å². The second-order valence-electron chi connectivity index (χ2n) is 4.02. The smallest absolute Gasteiger partial charge is 0.350 e. The molecule has 0 saturated heterocycles. The molecule has 5 heteroatoms. The van der Waals surface area contributed by atoms with Crippen LogP contribution in [0.2, 0.25) is 0 Å². The van der Waals surface area contributed by atoms with Crippen molar-refractivity contribution in [1.29, 1.82) is 0 Å². The fourth-order valence-corrected chi connectivity index (χ4v) is 2.74. The van der Waals surface area contributed by atoms with Crippen LogP contribution in [0.3, 0.4) is 0 Å². The molecule has 0 aliphatic rings. The summed E-state index contributed by atoms with van der Waals surface area (Å²) in [5.74, 6) is -0.321. The third-order valence-corrected chi connectivity index (χ3v) is 3.88. The molecule has 4 nitrogen and oxygen atoms in total. The predicted molar refractivity (Wildman–Crippen MR) is 77.5 cm³/mol. The number of hydrogen-bond acceptors (Lipinski definition) is 5. The summed E-state index contributed by atoms with van der Waals surface area (Å²) in [6.45, 7) is 8.36. The van der Waals surface area contributed by atoms with Crippen molar-refractivity contribution in [3.63, 3.8) is 0 Å². The van der Waals surface area contributed by atoms with Gasteiger partial charge in [0.25, 0.3) is 0 Å². The zero-order valence-corrected chi connectivity index (χ0v) is 12.2. The van der Waals surface area contributed by atoms with E-state index in [2.05, 4.69) is 18.7 Å². The van der Waals surface area contributed by atoms with E-state index in [-0.39, 0.29) is 5.97 Å². The Morgan fingerprint density at radius 2 is 2.17 bits per heavy atom. The van der Waals surface area contributed by atoms with Crippen molar-refractivity contribution < 1.29 is 9.53 Å². The van der Waals surface area contributed by atoms with E-state index < -0.39 is 0 Å². The van der Waals surface area contributed by atoms with Gasteiger partial charge in [-0.2, -0.15) is 0 Å². The summed E-state index contributed by atoms with van der Waals surface area (Å²) in [5, 5.41) is 1.05. The van der Waals surface area contributed by atoms with Crippen LogP contribution >= 0.6 is 11.3 Å².